The van der Waals surface area contributed by atoms with Gasteiger partial charge in [-0.25, -0.2) is 0 Å². The van der Waals surface area contributed by atoms with Gasteiger partial charge in [-0.1, -0.05) is 24.3 Å². The fourth-order valence-corrected chi connectivity index (χ4v) is 3.18. The molecule has 1 aliphatic heterocycles. The summed E-state index contributed by atoms with van der Waals surface area (Å²) in [6.45, 7) is 6.42. The number of benzene rings is 1. The molecule has 1 aliphatic rings. The quantitative estimate of drug-likeness (QED) is 0.874. The van der Waals surface area contributed by atoms with Crippen molar-refractivity contribution in [2.45, 2.75) is 26.3 Å². The summed E-state index contributed by atoms with van der Waals surface area (Å²) in [5, 5.41) is 2.78. The molecule has 2 atom stereocenters. The van der Waals surface area contributed by atoms with Crippen molar-refractivity contribution in [3.63, 3.8) is 0 Å². The van der Waals surface area contributed by atoms with Crippen LogP contribution in [0, 0.1) is 12.3 Å². The van der Waals surface area contributed by atoms with E-state index < -0.39 is 0 Å². The van der Waals surface area contributed by atoms with Crippen molar-refractivity contribution in [3.05, 3.63) is 35.4 Å². The molecule has 0 saturated carbocycles. The van der Waals surface area contributed by atoms with E-state index in [9.17, 15) is 4.79 Å². The molecule has 110 valence electrons. The van der Waals surface area contributed by atoms with E-state index in [1.807, 2.05) is 13.0 Å². The molecule has 0 spiro atoms. The average Bonchev–Trinajstić information content (AvgIpc) is 2.84. The van der Waals surface area contributed by atoms with Crippen LogP contribution in [0.2, 0.25) is 0 Å². The number of aryl methyl sites for hydroxylation is 1. The van der Waals surface area contributed by atoms with Crippen molar-refractivity contribution in [2.24, 2.45) is 11.1 Å². The van der Waals surface area contributed by atoms with E-state index in [4.69, 9.17) is 5.73 Å². The Hall–Kier alpha value is -1.39. The highest BCUT2D eigenvalue weighted by Gasteiger charge is 2.42. The minimum atomic E-state index is -0.301. The summed E-state index contributed by atoms with van der Waals surface area (Å²) >= 11 is 0. The molecule has 0 aliphatic carbocycles. The van der Waals surface area contributed by atoms with Crippen molar-refractivity contribution >= 4 is 5.91 Å². The van der Waals surface area contributed by atoms with Gasteiger partial charge < -0.3 is 11.1 Å². The van der Waals surface area contributed by atoms with Crippen molar-refractivity contribution in [3.8, 4) is 0 Å². The van der Waals surface area contributed by atoms with Gasteiger partial charge in [0.2, 0.25) is 5.91 Å². The molecule has 0 radical (unpaired) electrons. The molecule has 2 unspecified atom stereocenters. The molecular weight excluding hydrogens is 250 g/mol. The molecule has 0 bridgehead atoms. The minimum absolute atomic E-state index is 0.126. The first kappa shape index (κ1) is 15.0. The monoisotopic (exact) mass is 275 g/mol. The van der Waals surface area contributed by atoms with Crippen LogP contribution in [0.3, 0.4) is 0 Å². The van der Waals surface area contributed by atoms with Gasteiger partial charge in [0.1, 0.15) is 0 Å². The highest BCUT2D eigenvalue weighted by atomic mass is 16.2. The third-order valence-electron chi connectivity index (χ3n) is 4.49. The zero-order valence-corrected chi connectivity index (χ0v) is 12.6. The number of likely N-dealkylation sites (tertiary alicyclic amines) is 1. The van der Waals surface area contributed by atoms with E-state index in [-0.39, 0.29) is 17.4 Å². The Morgan fingerprint density at radius 2 is 2.20 bits per heavy atom. The van der Waals surface area contributed by atoms with Crippen LogP contribution in [-0.4, -0.2) is 37.5 Å². The van der Waals surface area contributed by atoms with Gasteiger partial charge in [-0.3, -0.25) is 9.69 Å². The van der Waals surface area contributed by atoms with Gasteiger partial charge in [0.05, 0.1) is 5.41 Å². The average molecular weight is 275 g/mol. The van der Waals surface area contributed by atoms with Crippen molar-refractivity contribution < 1.29 is 4.79 Å². The number of amides is 1. The molecule has 1 amide bonds. The normalized spacial score (nSPS) is 24.6. The van der Waals surface area contributed by atoms with Crippen molar-refractivity contribution in [1.82, 2.24) is 10.2 Å². The number of carbonyl (C=O) groups is 1. The SMILES string of the molecule is CNC(=O)C1(C)CCN(C(CN)c2ccccc2C)C1. The lowest BCUT2D eigenvalue weighted by Crippen LogP contribution is -2.40. The molecule has 1 fully saturated rings. The zero-order chi connectivity index (χ0) is 14.8. The molecule has 1 aromatic carbocycles. The standard InChI is InChI=1S/C16H25N3O/c1-12-6-4-5-7-13(12)14(10-17)19-9-8-16(2,11-19)15(20)18-3/h4-7,14H,8-11,17H2,1-3H3,(H,18,20). The molecule has 4 heteroatoms. The summed E-state index contributed by atoms with van der Waals surface area (Å²) in [6, 6.07) is 8.56. The zero-order valence-electron chi connectivity index (χ0n) is 12.6. The highest BCUT2D eigenvalue weighted by molar-refractivity contribution is 5.82. The molecule has 4 nitrogen and oxygen atoms in total. The Balaban J connectivity index is 2.19. The lowest BCUT2D eigenvalue weighted by Gasteiger charge is -2.30. The van der Waals surface area contributed by atoms with Crippen LogP contribution in [0.4, 0.5) is 0 Å². The van der Waals surface area contributed by atoms with Crippen LogP contribution < -0.4 is 11.1 Å². The highest BCUT2D eigenvalue weighted by Crippen LogP contribution is 2.35. The minimum Gasteiger partial charge on any atom is -0.359 e. The first-order valence-electron chi connectivity index (χ1n) is 7.23. The Morgan fingerprint density at radius 3 is 2.80 bits per heavy atom. The smallest absolute Gasteiger partial charge is 0.227 e. The van der Waals surface area contributed by atoms with Crippen LogP contribution in [0.5, 0.6) is 0 Å². The van der Waals surface area contributed by atoms with Gasteiger partial charge in [-0.2, -0.15) is 0 Å². The molecule has 2 rings (SSSR count). The molecule has 1 aromatic rings. The van der Waals surface area contributed by atoms with E-state index in [0.717, 1.165) is 19.5 Å². The number of carbonyl (C=O) groups excluding carboxylic acids is 1. The largest absolute Gasteiger partial charge is 0.359 e. The van der Waals surface area contributed by atoms with Gasteiger partial charge in [0.25, 0.3) is 0 Å². The lowest BCUT2D eigenvalue weighted by molar-refractivity contribution is -0.129. The van der Waals surface area contributed by atoms with Gasteiger partial charge in [-0.15, -0.1) is 0 Å². The maximum Gasteiger partial charge on any atom is 0.227 e. The van der Waals surface area contributed by atoms with Crippen LogP contribution in [0.15, 0.2) is 24.3 Å². The van der Waals surface area contributed by atoms with Crippen LogP contribution >= 0.6 is 0 Å². The molecule has 3 N–H and O–H groups in total. The predicted molar refractivity (Wildman–Crippen MR) is 81.3 cm³/mol. The number of nitrogens with two attached hydrogens (primary N) is 1. The lowest BCUT2D eigenvalue weighted by atomic mass is 9.88. The Bertz CT molecular complexity index is 488. The van der Waals surface area contributed by atoms with E-state index >= 15 is 0 Å². The molecule has 1 heterocycles. The van der Waals surface area contributed by atoms with E-state index in [1.165, 1.54) is 11.1 Å². The second-order valence-corrected chi connectivity index (χ2v) is 5.97. The summed E-state index contributed by atoms with van der Waals surface area (Å²) in [4.78, 5) is 14.4. The first-order chi connectivity index (χ1) is 9.51. The van der Waals surface area contributed by atoms with E-state index in [1.54, 1.807) is 7.05 Å². The third kappa shape index (κ3) is 2.72. The van der Waals surface area contributed by atoms with Crippen LogP contribution in [0.25, 0.3) is 0 Å². The number of nitrogens with zero attached hydrogens (tertiary/aromatic N) is 1. The fraction of sp³-hybridized carbons (Fsp3) is 0.562. The Morgan fingerprint density at radius 1 is 1.50 bits per heavy atom. The Kier molecular flexibility index (Phi) is 4.45. The summed E-state index contributed by atoms with van der Waals surface area (Å²) in [5.74, 6) is 0.126. The van der Waals surface area contributed by atoms with Gasteiger partial charge in [-0.05, 0) is 37.9 Å². The number of hydrogen-bond acceptors (Lipinski definition) is 3. The fourth-order valence-electron chi connectivity index (χ4n) is 3.18. The Labute approximate surface area is 121 Å². The summed E-state index contributed by atoms with van der Waals surface area (Å²) in [6.07, 6.45) is 0.884. The molecule has 1 saturated heterocycles. The molecular formula is C16H25N3O. The number of hydrogen-bond donors (Lipinski definition) is 2. The van der Waals surface area contributed by atoms with Crippen LogP contribution in [-0.2, 0) is 4.79 Å². The topological polar surface area (TPSA) is 58.4 Å². The van der Waals surface area contributed by atoms with Crippen molar-refractivity contribution in [2.75, 3.05) is 26.7 Å². The number of nitrogens with one attached hydrogen (secondary N) is 1. The molecule has 0 aromatic heterocycles. The van der Waals surface area contributed by atoms with E-state index in [0.29, 0.717) is 6.54 Å². The van der Waals surface area contributed by atoms with Gasteiger partial charge >= 0.3 is 0 Å². The third-order valence-corrected chi connectivity index (χ3v) is 4.49. The summed E-state index contributed by atoms with van der Waals surface area (Å²) in [5.41, 5.74) is 8.24. The second kappa shape index (κ2) is 5.94. The molecule has 20 heavy (non-hydrogen) atoms. The van der Waals surface area contributed by atoms with E-state index in [2.05, 4.69) is 35.3 Å². The maximum absolute atomic E-state index is 12.0. The van der Waals surface area contributed by atoms with Crippen LogP contribution in [0.1, 0.15) is 30.5 Å². The first-order valence-corrected chi connectivity index (χ1v) is 7.23. The van der Waals surface area contributed by atoms with Gasteiger partial charge in [0.15, 0.2) is 0 Å². The number of rotatable bonds is 4. The second-order valence-electron chi connectivity index (χ2n) is 5.97. The summed E-state index contributed by atoms with van der Waals surface area (Å²) < 4.78 is 0. The van der Waals surface area contributed by atoms with Crippen molar-refractivity contribution in [1.29, 1.82) is 0 Å². The maximum atomic E-state index is 12.0. The predicted octanol–water partition coefficient (Wildman–Crippen LogP) is 1.45. The van der Waals surface area contributed by atoms with Gasteiger partial charge in [0, 0.05) is 26.2 Å². The summed E-state index contributed by atoms with van der Waals surface area (Å²) in [7, 11) is 1.71.